The number of nitrogens with one attached hydrogen (secondary N) is 1. The topological polar surface area (TPSA) is 105 Å². The summed E-state index contributed by atoms with van der Waals surface area (Å²) in [5, 5.41) is 4.07. The van der Waals surface area contributed by atoms with Gasteiger partial charge in [0.2, 0.25) is 10.0 Å². The molecule has 144 valence electrons. The molecular weight excluding hydrogens is 364 g/mol. The zero-order valence-corrected chi connectivity index (χ0v) is 16.5. The number of nitrogens with two attached hydrogens (primary N) is 1. The minimum absolute atomic E-state index is 0.0791. The number of hydrogen-bond acceptors (Lipinski definition) is 5. The Morgan fingerprint density at radius 3 is 2.33 bits per heavy atom. The molecule has 2 aromatic carbocycles. The molecule has 7 nitrogen and oxygen atoms in total. The van der Waals surface area contributed by atoms with Gasteiger partial charge in [-0.25, -0.2) is 13.8 Å². The van der Waals surface area contributed by atoms with Crippen LogP contribution in [-0.4, -0.2) is 37.4 Å². The minimum atomic E-state index is -3.63. The Morgan fingerprint density at radius 2 is 1.70 bits per heavy atom. The molecule has 3 N–H and O–H groups in total. The van der Waals surface area contributed by atoms with E-state index in [0.29, 0.717) is 24.5 Å². The van der Waals surface area contributed by atoms with E-state index in [1.54, 1.807) is 51.1 Å². The van der Waals surface area contributed by atoms with E-state index >= 15 is 0 Å². The Bertz CT molecular complexity index is 951. The monoisotopic (exact) mass is 388 g/mol. The molecule has 0 atom stereocenters. The van der Waals surface area contributed by atoms with Crippen molar-refractivity contribution in [3.8, 4) is 0 Å². The van der Waals surface area contributed by atoms with Crippen molar-refractivity contribution in [2.24, 2.45) is 5.10 Å². The summed E-state index contributed by atoms with van der Waals surface area (Å²) in [6.07, 6.45) is 0. The van der Waals surface area contributed by atoms with Crippen LogP contribution in [-0.2, 0) is 10.0 Å². The first-order chi connectivity index (χ1) is 12.8. The predicted molar refractivity (Wildman–Crippen MR) is 107 cm³/mol. The first-order valence-electron chi connectivity index (χ1n) is 8.60. The molecule has 0 radical (unpaired) electrons. The van der Waals surface area contributed by atoms with E-state index in [0.717, 1.165) is 5.56 Å². The van der Waals surface area contributed by atoms with Crippen LogP contribution in [0.5, 0.6) is 0 Å². The largest absolute Gasteiger partial charge is 0.399 e. The highest BCUT2D eigenvalue weighted by atomic mass is 32.2. The molecular formula is C19H24N4O3S. The zero-order chi connectivity index (χ0) is 20.0. The molecule has 0 fully saturated rings. The second-order valence-corrected chi connectivity index (χ2v) is 7.82. The maximum absolute atomic E-state index is 12.6. The molecule has 0 aliphatic heterocycles. The van der Waals surface area contributed by atoms with Gasteiger partial charge in [-0.2, -0.15) is 9.41 Å². The molecule has 0 aliphatic carbocycles. The van der Waals surface area contributed by atoms with Crippen LogP contribution >= 0.6 is 0 Å². The summed E-state index contributed by atoms with van der Waals surface area (Å²) in [5.41, 5.74) is 10.4. The summed E-state index contributed by atoms with van der Waals surface area (Å²) < 4.78 is 26.6. The lowest BCUT2D eigenvalue weighted by atomic mass is 10.1. The van der Waals surface area contributed by atoms with Gasteiger partial charge in [0.25, 0.3) is 5.91 Å². The molecule has 0 heterocycles. The van der Waals surface area contributed by atoms with Crippen LogP contribution in [0.1, 0.15) is 36.7 Å². The number of hydrogen-bond donors (Lipinski definition) is 2. The van der Waals surface area contributed by atoms with Crippen LogP contribution in [0, 0.1) is 0 Å². The molecule has 0 aromatic heterocycles. The van der Waals surface area contributed by atoms with Gasteiger partial charge >= 0.3 is 0 Å². The number of benzene rings is 2. The van der Waals surface area contributed by atoms with Crippen molar-refractivity contribution >= 4 is 27.3 Å². The van der Waals surface area contributed by atoms with E-state index in [-0.39, 0.29) is 10.5 Å². The van der Waals surface area contributed by atoms with Crippen molar-refractivity contribution in [2.75, 3.05) is 18.8 Å². The third kappa shape index (κ3) is 4.93. The van der Waals surface area contributed by atoms with E-state index in [1.165, 1.54) is 16.4 Å². The van der Waals surface area contributed by atoms with E-state index in [2.05, 4.69) is 10.5 Å². The standard InChI is InChI=1S/C19H24N4O3S/c1-4-23(5-2)27(25,26)18-11-7-9-16(13-18)19(24)22-21-14(3)15-8-6-10-17(20)12-15/h6-13H,4-5,20H2,1-3H3,(H,22,24)/b21-14+. The van der Waals surface area contributed by atoms with Crippen molar-refractivity contribution in [2.45, 2.75) is 25.7 Å². The van der Waals surface area contributed by atoms with Crippen LogP contribution in [0.15, 0.2) is 58.5 Å². The van der Waals surface area contributed by atoms with Gasteiger partial charge in [0.1, 0.15) is 0 Å². The van der Waals surface area contributed by atoms with Gasteiger partial charge in [0.15, 0.2) is 0 Å². The number of rotatable bonds is 7. The third-order valence-corrected chi connectivity index (χ3v) is 6.11. The lowest BCUT2D eigenvalue weighted by Gasteiger charge is -2.18. The molecule has 0 saturated carbocycles. The minimum Gasteiger partial charge on any atom is -0.399 e. The van der Waals surface area contributed by atoms with E-state index < -0.39 is 15.9 Å². The summed E-state index contributed by atoms with van der Waals surface area (Å²) in [5.74, 6) is -0.491. The molecule has 0 spiro atoms. The highest BCUT2D eigenvalue weighted by Crippen LogP contribution is 2.17. The Hall–Kier alpha value is -2.71. The predicted octanol–water partition coefficient (Wildman–Crippen LogP) is 2.45. The fraction of sp³-hybridized carbons (Fsp3) is 0.263. The normalized spacial score (nSPS) is 12.2. The molecule has 0 saturated heterocycles. The highest BCUT2D eigenvalue weighted by Gasteiger charge is 2.22. The number of hydrazone groups is 1. The third-order valence-electron chi connectivity index (χ3n) is 4.07. The van der Waals surface area contributed by atoms with Crippen molar-refractivity contribution in [1.29, 1.82) is 0 Å². The van der Waals surface area contributed by atoms with Crippen molar-refractivity contribution in [3.63, 3.8) is 0 Å². The molecule has 0 bridgehead atoms. The Labute approximate surface area is 159 Å². The van der Waals surface area contributed by atoms with Crippen molar-refractivity contribution in [3.05, 3.63) is 59.7 Å². The Morgan fingerprint density at radius 1 is 1.07 bits per heavy atom. The average molecular weight is 388 g/mol. The Balaban J connectivity index is 2.22. The first kappa shape index (κ1) is 20.6. The maximum atomic E-state index is 12.6. The lowest BCUT2D eigenvalue weighted by Crippen LogP contribution is -2.30. The fourth-order valence-electron chi connectivity index (χ4n) is 2.54. The van der Waals surface area contributed by atoms with Gasteiger partial charge in [-0.3, -0.25) is 4.79 Å². The average Bonchev–Trinajstić information content (AvgIpc) is 2.66. The highest BCUT2D eigenvalue weighted by molar-refractivity contribution is 7.89. The number of anilines is 1. The van der Waals surface area contributed by atoms with Gasteiger partial charge in [-0.15, -0.1) is 0 Å². The van der Waals surface area contributed by atoms with Crippen LogP contribution in [0.25, 0.3) is 0 Å². The van der Waals surface area contributed by atoms with E-state index in [4.69, 9.17) is 5.73 Å². The molecule has 27 heavy (non-hydrogen) atoms. The zero-order valence-electron chi connectivity index (χ0n) is 15.6. The quantitative estimate of drug-likeness (QED) is 0.432. The summed E-state index contributed by atoms with van der Waals surface area (Å²) in [7, 11) is -3.63. The summed E-state index contributed by atoms with van der Waals surface area (Å²) >= 11 is 0. The lowest BCUT2D eigenvalue weighted by molar-refractivity contribution is 0.0954. The number of carbonyl (C=O) groups is 1. The van der Waals surface area contributed by atoms with Crippen LogP contribution in [0.3, 0.4) is 0 Å². The molecule has 0 aliphatic rings. The van der Waals surface area contributed by atoms with E-state index in [9.17, 15) is 13.2 Å². The van der Waals surface area contributed by atoms with Gasteiger partial charge in [-0.1, -0.05) is 32.0 Å². The summed E-state index contributed by atoms with van der Waals surface area (Å²) in [4.78, 5) is 12.5. The molecule has 2 rings (SSSR count). The molecule has 1 amide bonds. The number of sulfonamides is 1. The number of amides is 1. The molecule has 8 heteroatoms. The summed E-state index contributed by atoms with van der Waals surface area (Å²) in [6.45, 7) is 6.01. The SMILES string of the molecule is CCN(CC)S(=O)(=O)c1cccc(C(=O)N/N=C(\C)c2cccc(N)c2)c1. The molecule has 0 unspecified atom stereocenters. The van der Waals surface area contributed by atoms with Gasteiger partial charge in [0.05, 0.1) is 10.6 Å². The number of nitrogen functional groups attached to an aromatic ring is 1. The second kappa shape index (κ2) is 8.79. The second-order valence-electron chi connectivity index (χ2n) is 5.88. The van der Waals surface area contributed by atoms with Crippen molar-refractivity contribution < 1.29 is 13.2 Å². The van der Waals surface area contributed by atoms with Crippen LogP contribution in [0.4, 0.5) is 5.69 Å². The van der Waals surface area contributed by atoms with Gasteiger partial charge in [-0.05, 0) is 42.8 Å². The first-order valence-corrected chi connectivity index (χ1v) is 10.0. The van der Waals surface area contributed by atoms with Crippen LogP contribution < -0.4 is 11.2 Å². The van der Waals surface area contributed by atoms with Crippen LogP contribution in [0.2, 0.25) is 0 Å². The smallest absolute Gasteiger partial charge is 0.271 e. The van der Waals surface area contributed by atoms with Gasteiger partial charge in [0, 0.05) is 24.3 Å². The maximum Gasteiger partial charge on any atom is 0.271 e. The molecule has 2 aromatic rings. The fourth-order valence-corrected chi connectivity index (χ4v) is 4.04. The summed E-state index contributed by atoms with van der Waals surface area (Å²) in [6, 6.07) is 13.1. The van der Waals surface area contributed by atoms with Gasteiger partial charge < -0.3 is 5.73 Å². The van der Waals surface area contributed by atoms with Crippen molar-refractivity contribution in [1.82, 2.24) is 9.73 Å². The Kier molecular flexibility index (Phi) is 6.70. The van der Waals surface area contributed by atoms with E-state index in [1.807, 2.05) is 6.07 Å². The number of nitrogens with zero attached hydrogens (tertiary/aromatic N) is 2. The number of carbonyl (C=O) groups excluding carboxylic acids is 1.